The van der Waals surface area contributed by atoms with Gasteiger partial charge in [0.1, 0.15) is 17.2 Å². The molecule has 150 valence electrons. The summed E-state index contributed by atoms with van der Waals surface area (Å²) in [5.74, 6) is 1.09. The molecular weight excluding hydrogens is 377 g/mol. The van der Waals surface area contributed by atoms with Crippen LogP contribution < -0.4 is 0 Å². The standard InChI is InChI=1S/C20H20FN5O3/c1-12-16(24-29-23-12)10-17(27)26-8-6-20(7-9-26)11-15(20)19-22-18(25-28-19)13-2-4-14(21)5-3-13/h2-5,15H,6-11H2,1H3. The lowest BCUT2D eigenvalue weighted by Crippen LogP contribution is -2.40. The van der Waals surface area contributed by atoms with E-state index < -0.39 is 0 Å². The van der Waals surface area contributed by atoms with E-state index in [1.165, 1.54) is 12.1 Å². The van der Waals surface area contributed by atoms with Gasteiger partial charge in [0.25, 0.3) is 0 Å². The summed E-state index contributed by atoms with van der Waals surface area (Å²) in [4.78, 5) is 18.9. The van der Waals surface area contributed by atoms with Crippen molar-refractivity contribution in [1.29, 1.82) is 0 Å². The van der Waals surface area contributed by atoms with E-state index in [-0.39, 0.29) is 29.5 Å². The normalized spacial score (nSPS) is 20.2. The Morgan fingerprint density at radius 3 is 2.66 bits per heavy atom. The quantitative estimate of drug-likeness (QED) is 0.667. The zero-order chi connectivity index (χ0) is 20.0. The SMILES string of the molecule is Cc1nonc1CC(=O)N1CCC2(CC1)CC2c1nc(-c2ccc(F)cc2)no1. The Labute approximate surface area is 166 Å². The summed E-state index contributed by atoms with van der Waals surface area (Å²) in [6.45, 7) is 3.20. The Hall–Kier alpha value is -3.10. The molecule has 1 aliphatic heterocycles. The van der Waals surface area contributed by atoms with Crippen LogP contribution in [-0.2, 0) is 11.2 Å². The topological polar surface area (TPSA) is 98.2 Å². The monoisotopic (exact) mass is 397 g/mol. The minimum atomic E-state index is -0.296. The summed E-state index contributed by atoms with van der Waals surface area (Å²) in [6.07, 6.45) is 3.03. The van der Waals surface area contributed by atoms with Gasteiger partial charge in [-0.05, 0) is 55.9 Å². The van der Waals surface area contributed by atoms with Gasteiger partial charge in [0.2, 0.25) is 17.6 Å². The number of hydrogen-bond acceptors (Lipinski definition) is 7. The van der Waals surface area contributed by atoms with Gasteiger partial charge in [-0.2, -0.15) is 4.98 Å². The van der Waals surface area contributed by atoms with Gasteiger partial charge in [0.15, 0.2) is 0 Å². The first-order chi connectivity index (χ1) is 14.0. The fourth-order valence-electron chi connectivity index (χ4n) is 4.21. The number of piperidine rings is 1. The van der Waals surface area contributed by atoms with E-state index in [1.54, 1.807) is 19.1 Å². The fourth-order valence-corrected chi connectivity index (χ4v) is 4.21. The highest BCUT2D eigenvalue weighted by Crippen LogP contribution is 2.64. The molecule has 1 unspecified atom stereocenters. The first-order valence-corrected chi connectivity index (χ1v) is 9.69. The summed E-state index contributed by atoms with van der Waals surface area (Å²) >= 11 is 0. The maximum Gasteiger partial charge on any atom is 0.230 e. The molecule has 8 nitrogen and oxygen atoms in total. The summed E-state index contributed by atoms with van der Waals surface area (Å²) in [5, 5.41) is 11.6. The van der Waals surface area contributed by atoms with Gasteiger partial charge in [-0.3, -0.25) is 4.79 Å². The molecule has 5 rings (SSSR count). The molecule has 3 heterocycles. The molecule has 1 saturated carbocycles. The van der Waals surface area contributed by atoms with Crippen molar-refractivity contribution in [3.63, 3.8) is 0 Å². The molecule has 3 aromatic rings. The maximum absolute atomic E-state index is 13.1. The Morgan fingerprint density at radius 1 is 1.21 bits per heavy atom. The van der Waals surface area contributed by atoms with Crippen molar-refractivity contribution in [1.82, 2.24) is 25.4 Å². The van der Waals surface area contributed by atoms with Gasteiger partial charge in [-0.15, -0.1) is 0 Å². The van der Waals surface area contributed by atoms with Crippen molar-refractivity contribution in [2.75, 3.05) is 13.1 Å². The lowest BCUT2D eigenvalue weighted by Gasteiger charge is -2.32. The Kier molecular flexibility index (Phi) is 4.18. The van der Waals surface area contributed by atoms with E-state index >= 15 is 0 Å². The minimum absolute atomic E-state index is 0.0484. The number of carbonyl (C=O) groups is 1. The van der Waals surface area contributed by atoms with Crippen LogP contribution in [0.3, 0.4) is 0 Å². The second-order valence-electron chi connectivity index (χ2n) is 7.94. The number of carbonyl (C=O) groups excluding carboxylic acids is 1. The van der Waals surface area contributed by atoms with Gasteiger partial charge in [0.05, 0.1) is 6.42 Å². The maximum atomic E-state index is 13.1. The molecule has 29 heavy (non-hydrogen) atoms. The van der Waals surface area contributed by atoms with Crippen LogP contribution in [0.1, 0.15) is 42.5 Å². The number of likely N-dealkylation sites (tertiary alicyclic amines) is 1. The highest BCUT2D eigenvalue weighted by atomic mass is 19.1. The van der Waals surface area contributed by atoms with Crippen LogP contribution in [0, 0.1) is 18.2 Å². The average Bonchev–Trinajstić information content (AvgIpc) is 3.06. The van der Waals surface area contributed by atoms with Crippen molar-refractivity contribution in [3.05, 3.63) is 47.4 Å². The predicted octanol–water partition coefficient (Wildman–Crippen LogP) is 2.91. The third-order valence-corrected chi connectivity index (χ3v) is 6.21. The van der Waals surface area contributed by atoms with Gasteiger partial charge in [-0.25, -0.2) is 9.02 Å². The van der Waals surface area contributed by atoms with Crippen LogP contribution in [-0.4, -0.2) is 44.4 Å². The fraction of sp³-hybridized carbons (Fsp3) is 0.450. The van der Waals surface area contributed by atoms with Gasteiger partial charge < -0.3 is 9.42 Å². The van der Waals surface area contributed by atoms with E-state index in [1.807, 2.05) is 4.90 Å². The van der Waals surface area contributed by atoms with Crippen LogP contribution in [0.2, 0.25) is 0 Å². The highest BCUT2D eigenvalue weighted by Gasteiger charge is 2.58. The number of aryl methyl sites for hydroxylation is 1. The molecule has 1 spiro atoms. The molecule has 9 heteroatoms. The van der Waals surface area contributed by atoms with Gasteiger partial charge in [-0.1, -0.05) is 15.5 Å². The van der Waals surface area contributed by atoms with E-state index in [2.05, 4.69) is 25.1 Å². The van der Waals surface area contributed by atoms with Crippen LogP contribution >= 0.6 is 0 Å². The molecule has 2 fully saturated rings. The second-order valence-corrected chi connectivity index (χ2v) is 7.94. The van der Waals surface area contributed by atoms with E-state index in [9.17, 15) is 9.18 Å². The molecule has 0 N–H and O–H groups in total. The van der Waals surface area contributed by atoms with Crippen molar-refractivity contribution >= 4 is 5.91 Å². The number of rotatable bonds is 4. The second kappa shape index (κ2) is 6.75. The number of nitrogens with zero attached hydrogens (tertiary/aromatic N) is 5. The number of amides is 1. The van der Waals surface area contributed by atoms with Crippen molar-refractivity contribution in [3.8, 4) is 11.4 Å². The highest BCUT2D eigenvalue weighted by molar-refractivity contribution is 5.78. The number of benzene rings is 1. The van der Waals surface area contributed by atoms with E-state index in [4.69, 9.17) is 4.52 Å². The Balaban J connectivity index is 1.20. The lowest BCUT2D eigenvalue weighted by molar-refractivity contribution is -0.132. The summed E-state index contributed by atoms with van der Waals surface area (Å²) in [5.41, 5.74) is 2.12. The van der Waals surface area contributed by atoms with E-state index in [0.717, 1.165) is 24.8 Å². The molecule has 2 aromatic heterocycles. The van der Waals surface area contributed by atoms with Crippen molar-refractivity contribution in [2.24, 2.45) is 5.41 Å². The molecule has 2 aliphatic rings. The largest absolute Gasteiger partial charge is 0.342 e. The molecule has 1 aliphatic carbocycles. The number of hydrogen-bond donors (Lipinski definition) is 0. The predicted molar refractivity (Wildman–Crippen MR) is 98.0 cm³/mol. The molecule has 1 aromatic carbocycles. The lowest BCUT2D eigenvalue weighted by atomic mass is 9.90. The van der Waals surface area contributed by atoms with E-state index in [0.29, 0.717) is 36.2 Å². The van der Waals surface area contributed by atoms with Crippen LogP contribution in [0.4, 0.5) is 4.39 Å². The summed E-state index contributed by atoms with van der Waals surface area (Å²) < 4.78 is 23.3. The summed E-state index contributed by atoms with van der Waals surface area (Å²) in [7, 11) is 0. The van der Waals surface area contributed by atoms with Crippen LogP contribution in [0.5, 0.6) is 0 Å². The molecular formula is C20H20FN5O3. The van der Waals surface area contributed by atoms with Crippen molar-refractivity contribution in [2.45, 2.75) is 38.5 Å². The smallest absolute Gasteiger partial charge is 0.230 e. The van der Waals surface area contributed by atoms with Crippen LogP contribution in [0.15, 0.2) is 33.4 Å². The molecule has 0 bridgehead atoms. The molecule has 1 saturated heterocycles. The third kappa shape index (κ3) is 3.30. The molecule has 1 amide bonds. The molecule has 0 radical (unpaired) electrons. The zero-order valence-corrected chi connectivity index (χ0v) is 16.0. The number of aromatic nitrogens is 4. The molecule has 1 atom stereocenters. The Bertz CT molecular complexity index is 1040. The Morgan fingerprint density at radius 2 is 1.97 bits per heavy atom. The first kappa shape index (κ1) is 18.0. The zero-order valence-electron chi connectivity index (χ0n) is 16.0. The van der Waals surface area contributed by atoms with Crippen molar-refractivity contribution < 1.29 is 18.3 Å². The number of halogens is 1. The average molecular weight is 397 g/mol. The minimum Gasteiger partial charge on any atom is -0.342 e. The van der Waals surface area contributed by atoms with Gasteiger partial charge in [0, 0.05) is 24.6 Å². The van der Waals surface area contributed by atoms with Crippen LogP contribution in [0.25, 0.3) is 11.4 Å². The summed E-state index contributed by atoms with van der Waals surface area (Å²) in [6, 6.07) is 6.05. The van der Waals surface area contributed by atoms with Gasteiger partial charge >= 0.3 is 0 Å². The first-order valence-electron chi connectivity index (χ1n) is 9.69. The third-order valence-electron chi connectivity index (χ3n) is 6.21.